The van der Waals surface area contributed by atoms with E-state index in [0.717, 1.165) is 28.9 Å². The fraction of sp³-hybridized carbons (Fsp3) is 0.276. The number of hydrogen-bond donors (Lipinski definition) is 0. The maximum absolute atomic E-state index is 14.0. The Kier molecular flexibility index (Phi) is 6.33. The van der Waals surface area contributed by atoms with Gasteiger partial charge in [-0.3, -0.25) is 9.78 Å². The summed E-state index contributed by atoms with van der Waals surface area (Å²) >= 11 is 0. The van der Waals surface area contributed by atoms with E-state index in [0.29, 0.717) is 24.4 Å². The molecule has 4 heterocycles. The van der Waals surface area contributed by atoms with Crippen LogP contribution < -0.4 is 4.74 Å². The van der Waals surface area contributed by atoms with Gasteiger partial charge in [0.1, 0.15) is 17.5 Å². The third-order valence-electron chi connectivity index (χ3n) is 7.32. The summed E-state index contributed by atoms with van der Waals surface area (Å²) in [5.41, 5.74) is 4.42. The van der Waals surface area contributed by atoms with Crippen LogP contribution in [0.3, 0.4) is 0 Å². The summed E-state index contributed by atoms with van der Waals surface area (Å²) in [6, 6.07) is 9.40. The number of imidazole rings is 1. The Morgan fingerprint density at radius 2 is 1.89 bits per heavy atom. The van der Waals surface area contributed by atoms with Crippen LogP contribution in [0, 0.1) is 12.8 Å². The van der Waals surface area contributed by atoms with Crippen molar-refractivity contribution in [2.24, 2.45) is 5.92 Å². The Balaban J connectivity index is 1.30. The maximum atomic E-state index is 14.0. The number of aryl methyl sites for hydroxylation is 1. The molecule has 9 nitrogen and oxygen atoms in total. The number of carbonyl (C=O) groups excluding carboxylic acids is 1. The summed E-state index contributed by atoms with van der Waals surface area (Å²) in [6.45, 7) is 2.47. The van der Waals surface area contributed by atoms with Crippen LogP contribution in [-0.4, -0.2) is 53.5 Å². The summed E-state index contributed by atoms with van der Waals surface area (Å²) < 4.78 is 9.32. The molecule has 3 unspecified atom stereocenters. The van der Waals surface area contributed by atoms with Crippen LogP contribution in [0.5, 0.6) is 5.75 Å². The van der Waals surface area contributed by atoms with E-state index < -0.39 is 6.04 Å². The Morgan fingerprint density at radius 3 is 2.68 bits per heavy atom. The van der Waals surface area contributed by atoms with Crippen molar-refractivity contribution in [2.75, 3.05) is 7.11 Å². The second-order valence-electron chi connectivity index (χ2n) is 9.73. The lowest BCUT2D eigenvalue weighted by Gasteiger charge is -2.34. The fourth-order valence-corrected chi connectivity index (χ4v) is 5.33. The molecule has 1 saturated heterocycles. The Bertz CT molecular complexity index is 1500. The first-order chi connectivity index (χ1) is 18.6. The van der Waals surface area contributed by atoms with E-state index in [4.69, 9.17) is 4.74 Å². The van der Waals surface area contributed by atoms with E-state index in [1.807, 2.05) is 65.2 Å². The van der Waals surface area contributed by atoms with Gasteiger partial charge in [-0.15, -0.1) is 5.10 Å². The molecule has 3 aromatic heterocycles. The molecule has 192 valence electrons. The first-order valence-electron chi connectivity index (χ1n) is 12.8. The molecular weight excluding hydrogens is 478 g/mol. The number of rotatable bonds is 6. The number of allylic oxidation sites excluding steroid dienone is 2. The van der Waals surface area contributed by atoms with Gasteiger partial charge in [-0.1, -0.05) is 35.6 Å². The fourth-order valence-electron chi connectivity index (χ4n) is 5.33. The van der Waals surface area contributed by atoms with Gasteiger partial charge >= 0.3 is 0 Å². The minimum atomic E-state index is -0.430. The van der Waals surface area contributed by atoms with Crippen LogP contribution in [0.1, 0.15) is 30.1 Å². The monoisotopic (exact) mass is 507 g/mol. The smallest absolute Gasteiger partial charge is 0.248 e. The second-order valence-corrected chi connectivity index (χ2v) is 9.73. The predicted octanol–water partition coefficient (Wildman–Crippen LogP) is 4.32. The molecule has 2 aliphatic rings. The van der Waals surface area contributed by atoms with Crippen LogP contribution in [-0.2, 0) is 11.3 Å². The number of likely N-dealkylation sites (tertiary alicyclic amines) is 1. The molecule has 0 bridgehead atoms. The number of amides is 1. The number of ether oxygens (including phenoxy) is 1. The summed E-state index contributed by atoms with van der Waals surface area (Å²) in [7, 11) is 1.65. The molecule has 1 aliphatic carbocycles. The van der Waals surface area contributed by atoms with Gasteiger partial charge in [-0.2, -0.15) is 0 Å². The third kappa shape index (κ3) is 4.51. The minimum absolute atomic E-state index is 0.0114. The van der Waals surface area contributed by atoms with Gasteiger partial charge < -0.3 is 14.2 Å². The quantitative estimate of drug-likeness (QED) is 0.386. The van der Waals surface area contributed by atoms with Crippen LogP contribution in [0.15, 0.2) is 85.8 Å². The zero-order chi connectivity index (χ0) is 26.1. The van der Waals surface area contributed by atoms with Gasteiger partial charge in [0.2, 0.25) is 5.91 Å². The van der Waals surface area contributed by atoms with Gasteiger partial charge in [0.15, 0.2) is 0 Å². The van der Waals surface area contributed by atoms with E-state index in [1.54, 1.807) is 30.5 Å². The lowest BCUT2D eigenvalue weighted by Crippen LogP contribution is -2.44. The van der Waals surface area contributed by atoms with Gasteiger partial charge in [0.05, 0.1) is 37.1 Å². The molecule has 1 fully saturated rings. The molecule has 0 saturated carbocycles. The lowest BCUT2D eigenvalue weighted by atomic mass is 9.90. The first kappa shape index (κ1) is 23.8. The minimum Gasteiger partial charge on any atom is -0.495 e. The Hall–Kier alpha value is -4.53. The van der Waals surface area contributed by atoms with E-state index >= 15 is 0 Å². The maximum Gasteiger partial charge on any atom is 0.248 e. The van der Waals surface area contributed by atoms with Crippen molar-refractivity contribution in [1.82, 2.24) is 34.4 Å². The summed E-state index contributed by atoms with van der Waals surface area (Å²) in [6.07, 6.45) is 19.1. The van der Waals surface area contributed by atoms with Crippen molar-refractivity contribution in [3.05, 3.63) is 97.0 Å². The van der Waals surface area contributed by atoms with E-state index in [1.165, 1.54) is 0 Å². The van der Waals surface area contributed by atoms with Gasteiger partial charge in [0, 0.05) is 36.6 Å². The van der Waals surface area contributed by atoms with Gasteiger partial charge in [0.25, 0.3) is 0 Å². The van der Waals surface area contributed by atoms with E-state index in [2.05, 4.69) is 38.5 Å². The summed E-state index contributed by atoms with van der Waals surface area (Å²) in [5, 5.41) is 8.86. The molecule has 38 heavy (non-hydrogen) atoms. The lowest BCUT2D eigenvalue weighted by molar-refractivity contribution is -0.136. The highest BCUT2D eigenvalue weighted by molar-refractivity contribution is 5.81. The van der Waals surface area contributed by atoms with Crippen molar-refractivity contribution >= 4 is 5.91 Å². The van der Waals surface area contributed by atoms with E-state index in [9.17, 15) is 4.79 Å². The average Bonchev–Trinajstić information content (AvgIpc) is 3.59. The molecule has 0 spiro atoms. The van der Waals surface area contributed by atoms with Crippen LogP contribution >= 0.6 is 0 Å². The third-order valence-corrected chi connectivity index (χ3v) is 7.32. The number of nitrogens with zero attached hydrogens (tertiary/aromatic N) is 7. The molecule has 9 heteroatoms. The van der Waals surface area contributed by atoms with Crippen molar-refractivity contribution in [3.63, 3.8) is 0 Å². The molecule has 0 N–H and O–H groups in total. The van der Waals surface area contributed by atoms with Crippen molar-refractivity contribution < 1.29 is 9.53 Å². The number of aromatic nitrogens is 6. The highest BCUT2D eigenvalue weighted by Crippen LogP contribution is 2.35. The first-order valence-corrected chi connectivity index (χ1v) is 12.8. The summed E-state index contributed by atoms with van der Waals surface area (Å²) in [4.78, 5) is 24.4. The summed E-state index contributed by atoms with van der Waals surface area (Å²) in [5.74, 6) is 1.02. The molecule has 4 aromatic rings. The Morgan fingerprint density at radius 1 is 1.05 bits per heavy atom. The topological polar surface area (TPSA) is 91.0 Å². The SMILES string of the molecule is COc1cc(-c2cn(C3CCC4C=CC=CC4N(Cc4ccncc4)C3=O)nn2)ccc1-n1cnc(C)c1. The standard InChI is InChI=1S/C29H29N7O2/c1-20-16-34(19-31-20)26-9-8-23(15-28(26)38-2)24-18-36(33-32-24)27-10-7-22-5-3-4-6-25(22)35(29(27)37)17-21-11-13-30-14-12-21/h3-6,8-9,11-16,18-19,22,25,27H,7,10,17H2,1-2H3. The van der Waals surface area contributed by atoms with Crippen LogP contribution in [0.2, 0.25) is 0 Å². The zero-order valence-electron chi connectivity index (χ0n) is 21.4. The van der Waals surface area contributed by atoms with Gasteiger partial charge in [-0.25, -0.2) is 9.67 Å². The van der Waals surface area contributed by atoms with Crippen LogP contribution in [0.25, 0.3) is 16.9 Å². The molecule has 3 atom stereocenters. The highest BCUT2D eigenvalue weighted by Gasteiger charge is 2.38. The molecule has 1 aromatic carbocycles. The average molecular weight is 508 g/mol. The van der Waals surface area contributed by atoms with Gasteiger partial charge in [-0.05, 0) is 49.6 Å². The molecular formula is C29H29N7O2. The largest absolute Gasteiger partial charge is 0.495 e. The number of methoxy groups -OCH3 is 1. The number of hydrogen-bond acceptors (Lipinski definition) is 6. The van der Waals surface area contributed by atoms with Crippen LogP contribution in [0.4, 0.5) is 0 Å². The zero-order valence-corrected chi connectivity index (χ0v) is 21.4. The number of pyridine rings is 1. The molecule has 0 radical (unpaired) electrons. The van der Waals surface area contributed by atoms with E-state index in [-0.39, 0.29) is 17.9 Å². The van der Waals surface area contributed by atoms with Crippen molar-refractivity contribution in [2.45, 2.75) is 38.4 Å². The Labute approximate surface area is 221 Å². The number of benzene rings is 1. The molecule has 6 rings (SSSR count). The number of fused-ring (bicyclic) bond motifs is 1. The van der Waals surface area contributed by atoms with Crippen molar-refractivity contribution in [1.29, 1.82) is 0 Å². The second kappa shape index (κ2) is 10.1. The number of carbonyl (C=O) groups is 1. The molecule has 1 amide bonds. The molecule has 1 aliphatic heterocycles. The normalized spacial score (nSPS) is 20.8. The van der Waals surface area contributed by atoms with Crippen molar-refractivity contribution in [3.8, 4) is 22.7 Å². The predicted molar refractivity (Wildman–Crippen MR) is 142 cm³/mol. The highest BCUT2D eigenvalue weighted by atomic mass is 16.5.